The average molecular weight is 1310 g/mol. The molecule has 0 radical (unpaired) electrons. The van der Waals surface area contributed by atoms with Crippen molar-refractivity contribution in [2.75, 3.05) is 39.6 Å². The van der Waals surface area contributed by atoms with Crippen LogP contribution in [-0.4, -0.2) is 96.7 Å². The fourth-order valence-corrected chi connectivity index (χ4v) is 12.2. The van der Waals surface area contributed by atoms with Crippen LogP contribution in [0.5, 0.6) is 0 Å². The van der Waals surface area contributed by atoms with Gasteiger partial charge in [0.15, 0.2) is 12.2 Å². The van der Waals surface area contributed by atoms with E-state index in [1.54, 1.807) is 0 Å². The Kier molecular flexibility index (Phi) is 60.8. The van der Waals surface area contributed by atoms with Gasteiger partial charge < -0.3 is 33.8 Å². The van der Waals surface area contributed by atoms with Crippen molar-refractivity contribution in [2.24, 2.45) is 11.8 Å². The van der Waals surface area contributed by atoms with E-state index in [0.29, 0.717) is 25.7 Å². The van der Waals surface area contributed by atoms with Gasteiger partial charge in [0.25, 0.3) is 0 Å². The van der Waals surface area contributed by atoms with Crippen LogP contribution in [0.25, 0.3) is 0 Å². The molecule has 2 unspecified atom stereocenters. The zero-order valence-electron chi connectivity index (χ0n) is 57.7. The van der Waals surface area contributed by atoms with Crippen LogP contribution in [0.15, 0.2) is 0 Å². The quantitative estimate of drug-likeness (QED) is 0.0222. The number of carbonyl (C=O) groups excluding carboxylic acids is 4. The smallest absolute Gasteiger partial charge is 0.462 e. The highest BCUT2D eigenvalue weighted by atomic mass is 31.2. The van der Waals surface area contributed by atoms with Crippen molar-refractivity contribution in [3.8, 4) is 0 Å². The van der Waals surface area contributed by atoms with Crippen molar-refractivity contribution in [3.63, 3.8) is 0 Å². The lowest BCUT2D eigenvalue weighted by Gasteiger charge is -2.21. The van der Waals surface area contributed by atoms with Crippen LogP contribution in [0.3, 0.4) is 0 Å². The fraction of sp³-hybridized carbons (Fsp3) is 0.943. The molecule has 0 aliphatic rings. The molecule has 19 heteroatoms. The number of ether oxygens (including phenoxy) is 4. The number of hydrogen-bond acceptors (Lipinski definition) is 15. The normalized spacial score (nSPS) is 14.1. The third-order valence-electron chi connectivity index (χ3n) is 16.2. The van der Waals surface area contributed by atoms with Crippen LogP contribution in [0, 0.1) is 11.8 Å². The minimum absolute atomic E-state index is 0.105. The second-order valence-corrected chi connectivity index (χ2v) is 29.1. The summed E-state index contributed by atoms with van der Waals surface area (Å²) in [7, 11) is -9.90. The van der Waals surface area contributed by atoms with Crippen molar-refractivity contribution < 1.29 is 80.2 Å². The summed E-state index contributed by atoms with van der Waals surface area (Å²) in [5.41, 5.74) is 0. The van der Waals surface area contributed by atoms with Gasteiger partial charge in [-0.2, -0.15) is 0 Å². The summed E-state index contributed by atoms with van der Waals surface area (Å²) in [4.78, 5) is 72.5. The predicted octanol–water partition coefficient (Wildman–Crippen LogP) is 20.0. The molecule has 0 aromatic rings. The van der Waals surface area contributed by atoms with Crippen molar-refractivity contribution in [3.05, 3.63) is 0 Å². The maximum absolute atomic E-state index is 13.0. The van der Waals surface area contributed by atoms with E-state index in [-0.39, 0.29) is 25.7 Å². The number of unbranched alkanes of at least 4 members (excludes halogenated alkanes) is 39. The first-order valence-electron chi connectivity index (χ1n) is 36.5. The summed E-state index contributed by atoms with van der Waals surface area (Å²) >= 11 is 0. The molecule has 89 heavy (non-hydrogen) atoms. The average Bonchev–Trinajstić information content (AvgIpc) is 3.71. The molecule has 0 heterocycles. The van der Waals surface area contributed by atoms with Gasteiger partial charge in [-0.25, -0.2) is 9.13 Å². The van der Waals surface area contributed by atoms with Gasteiger partial charge in [0.05, 0.1) is 26.4 Å². The second-order valence-electron chi connectivity index (χ2n) is 26.2. The summed E-state index contributed by atoms with van der Waals surface area (Å²) < 4.78 is 68.3. The standard InChI is InChI=1S/C70H136O17P2/c1-7-9-11-13-15-17-19-20-21-22-23-29-36-42-48-54-69(74)86-65(59-81-68(73)53-47-41-35-30-24-26-32-38-44-50-62(3)4)60-84-88(76,77)82-56-64(71)57-83-89(78,79)85-61-66(58-80-67(72)52-46-40-34-28-18-16-14-12-10-8-2)87-70(75)55-49-43-37-31-25-27-33-39-45-51-63(5)6/h62-66,71H,7-61H2,1-6H3,(H,76,77)(H,78,79)/t64-,65-,66-/m1/s1. The number of rotatable bonds is 69. The van der Waals surface area contributed by atoms with Gasteiger partial charge in [0.1, 0.15) is 19.3 Å². The number of carbonyl (C=O) groups is 4. The molecule has 0 bridgehead atoms. The Morgan fingerprint density at radius 1 is 0.303 bits per heavy atom. The number of aliphatic hydroxyl groups excluding tert-OH is 1. The Morgan fingerprint density at radius 3 is 0.764 bits per heavy atom. The number of aliphatic hydroxyl groups is 1. The summed E-state index contributed by atoms with van der Waals surface area (Å²) in [5, 5.41) is 10.6. The first-order valence-corrected chi connectivity index (χ1v) is 39.5. The third kappa shape index (κ3) is 64.6. The summed E-state index contributed by atoms with van der Waals surface area (Å²) in [6.45, 7) is 9.50. The molecule has 0 saturated carbocycles. The number of esters is 4. The Labute approximate surface area is 543 Å². The largest absolute Gasteiger partial charge is 0.472 e. The van der Waals surface area contributed by atoms with Gasteiger partial charge in [-0.05, 0) is 37.5 Å². The van der Waals surface area contributed by atoms with E-state index < -0.39 is 97.5 Å². The topological polar surface area (TPSA) is 237 Å². The second kappa shape index (κ2) is 62.2. The predicted molar refractivity (Wildman–Crippen MR) is 358 cm³/mol. The maximum Gasteiger partial charge on any atom is 0.472 e. The van der Waals surface area contributed by atoms with E-state index in [1.165, 1.54) is 173 Å². The Morgan fingerprint density at radius 2 is 0.517 bits per heavy atom. The summed E-state index contributed by atoms with van der Waals surface area (Å²) in [6, 6.07) is 0. The molecular weight excluding hydrogens is 1170 g/mol. The summed E-state index contributed by atoms with van der Waals surface area (Å²) in [6.07, 6.45) is 47.1. The van der Waals surface area contributed by atoms with Gasteiger partial charge in [-0.1, -0.05) is 305 Å². The first kappa shape index (κ1) is 87.1. The van der Waals surface area contributed by atoms with Crippen LogP contribution in [0.4, 0.5) is 0 Å². The molecule has 3 N–H and O–H groups in total. The minimum Gasteiger partial charge on any atom is -0.462 e. The molecule has 0 amide bonds. The van der Waals surface area contributed by atoms with Crippen molar-refractivity contribution in [1.29, 1.82) is 0 Å². The van der Waals surface area contributed by atoms with Gasteiger partial charge in [0, 0.05) is 25.7 Å². The highest BCUT2D eigenvalue weighted by Gasteiger charge is 2.30. The molecule has 0 saturated heterocycles. The van der Waals surface area contributed by atoms with Crippen molar-refractivity contribution in [1.82, 2.24) is 0 Å². The minimum atomic E-state index is -4.95. The molecular formula is C70H136O17P2. The molecule has 0 rings (SSSR count). The van der Waals surface area contributed by atoms with Gasteiger partial charge >= 0.3 is 39.5 Å². The molecule has 0 aliphatic heterocycles. The van der Waals surface area contributed by atoms with Crippen molar-refractivity contribution >= 4 is 39.5 Å². The third-order valence-corrected chi connectivity index (χ3v) is 18.1. The SMILES string of the molecule is CCCCCCCCCCCCCCCCCC(=O)O[C@H](COC(=O)CCCCCCCCCCCC(C)C)COP(=O)(O)OC[C@@H](O)COP(=O)(O)OC[C@@H](COC(=O)CCCCCCCCCCCC)OC(=O)CCCCCCCCCCCC(C)C. The molecule has 528 valence electrons. The van der Waals surface area contributed by atoms with Crippen LogP contribution >= 0.6 is 15.6 Å². The molecule has 0 aromatic heterocycles. The van der Waals surface area contributed by atoms with Crippen LogP contribution in [-0.2, 0) is 65.4 Å². The highest BCUT2D eigenvalue weighted by Crippen LogP contribution is 2.45. The summed E-state index contributed by atoms with van der Waals surface area (Å²) in [5.74, 6) is -0.643. The maximum atomic E-state index is 13.0. The molecule has 0 aromatic carbocycles. The fourth-order valence-electron chi connectivity index (χ4n) is 10.6. The van der Waals surface area contributed by atoms with E-state index in [4.69, 9.17) is 37.0 Å². The van der Waals surface area contributed by atoms with E-state index in [2.05, 4.69) is 41.5 Å². The first-order chi connectivity index (χ1) is 42.9. The molecule has 0 aliphatic carbocycles. The van der Waals surface area contributed by atoms with E-state index >= 15 is 0 Å². The van der Waals surface area contributed by atoms with Crippen LogP contribution in [0.1, 0.15) is 356 Å². The Balaban J connectivity index is 5.25. The van der Waals surface area contributed by atoms with Crippen molar-refractivity contribution in [2.45, 2.75) is 374 Å². The Hall–Kier alpha value is -1.94. The van der Waals surface area contributed by atoms with Gasteiger partial charge in [-0.3, -0.25) is 37.3 Å². The number of phosphoric ester groups is 2. The molecule has 5 atom stereocenters. The lowest BCUT2D eigenvalue weighted by molar-refractivity contribution is -0.161. The van der Waals surface area contributed by atoms with Gasteiger partial charge in [0.2, 0.25) is 0 Å². The van der Waals surface area contributed by atoms with E-state index in [0.717, 1.165) is 102 Å². The lowest BCUT2D eigenvalue weighted by Crippen LogP contribution is -2.30. The monoisotopic (exact) mass is 1310 g/mol. The Bertz CT molecular complexity index is 1730. The molecule has 0 spiro atoms. The van der Waals surface area contributed by atoms with Gasteiger partial charge in [-0.15, -0.1) is 0 Å². The lowest BCUT2D eigenvalue weighted by atomic mass is 10.0. The van der Waals surface area contributed by atoms with Crippen LogP contribution in [0.2, 0.25) is 0 Å². The zero-order chi connectivity index (χ0) is 65.7. The van der Waals surface area contributed by atoms with Crippen LogP contribution < -0.4 is 0 Å². The molecule has 17 nitrogen and oxygen atoms in total. The van der Waals surface area contributed by atoms with E-state index in [1.807, 2.05) is 0 Å². The number of phosphoric acid groups is 2. The highest BCUT2D eigenvalue weighted by molar-refractivity contribution is 7.47. The van der Waals surface area contributed by atoms with E-state index in [9.17, 15) is 43.2 Å². The number of hydrogen-bond donors (Lipinski definition) is 3. The molecule has 0 fully saturated rings. The zero-order valence-corrected chi connectivity index (χ0v) is 59.5.